The van der Waals surface area contributed by atoms with Crippen molar-refractivity contribution in [1.29, 1.82) is 0 Å². The monoisotopic (exact) mass is 192 g/mol. The molecule has 0 amide bonds. The molecule has 0 saturated heterocycles. The first kappa shape index (κ1) is 8.70. The maximum absolute atomic E-state index is 10.9. The van der Waals surface area contributed by atoms with Crippen LogP contribution in [-0.2, 0) is 16.4 Å². The van der Waals surface area contributed by atoms with Gasteiger partial charge in [0.05, 0.1) is 6.61 Å². The normalized spacial score (nSPS) is 11.8. The highest BCUT2D eigenvalue weighted by Crippen LogP contribution is 2.20. The second kappa shape index (κ2) is 2.92. The van der Waals surface area contributed by atoms with Crippen LogP contribution in [0.2, 0.25) is 0 Å². The summed E-state index contributed by atoms with van der Waals surface area (Å²) in [7, 11) is -3.08. The van der Waals surface area contributed by atoms with Gasteiger partial charge in [0.25, 0.3) is 0 Å². The van der Waals surface area contributed by atoms with E-state index in [1.807, 2.05) is 0 Å². The van der Waals surface area contributed by atoms with Crippen molar-refractivity contribution >= 4 is 21.2 Å². The van der Waals surface area contributed by atoms with Crippen molar-refractivity contribution in [3.8, 4) is 0 Å². The predicted octanol–water partition coefficient (Wildman–Crippen LogP) is 0.644. The second-order valence-electron chi connectivity index (χ2n) is 2.15. The topological polar surface area (TPSA) is 54.4 Å². The SMILES string of the molecule is CS(=O)(=O)c1ccc(CO)s1. The highest BCUT2D eigenvalue weighted by Gasteiger charge is 2.09. The quantitative estimate of drug-likeness (QED) is 0.748. The highest BCUT2D eigenvalue weighted by atomic mass is 32.2. The molecule has 3 nitrogen and oxygen atoms in total. The Morgan fingerprint density at radius 3 is 2.45 bits per heavy atom. The summed E-state index contributed by atoms with van der Waals surface area (Å²) in [4.78, 5) is 0.672. The van der Waals surface area contributed by atoms with Crippen LogP contribution in [0.15, 0.2) is 16.3 Å². The zero-order chi connectivity index (χ0) is 8.48. The predicted molar refractivity (Wildman–Crippen MR) is 43.4 cm³/mol. The van der Waals surface area contributed by atoms with E-state index in [1.54, 1.807) is 6.07 Å². The van der Waals surface area contributed by atoms with E-state index in [0.717, 1.165) is 17.6 Å². The van der Waals surface area contributed by atoms with Crippen LogP contribution < -0.4 is 0 Å². The van der Waals surface area contributed by atoms with Gasteiger partial charge in [0.2, 0.25) is 0 Å². The molecule has 0 aromatic carbocycles. The minimum atomic E-state index is -3.08. The number of hydrogen-bond acceptors (Lipinski definition) is 4. The van der Waals surface area contributed by atoms with Crippen LogP contribution in [0.4, 0.5) is 0 Å². The van der Waals surface area contributed by atoms with Gasteiger partial charge >= 0.3 is 0 Å². The second-order valence-corrected chi connectivity index (χ2v) is 5.56. The molecule has 0 aliphatic rings. The molecule has 1 heterocycles. The van der Waals surface area contributed by atoms with E-state index in [2.05, 4.69) is 0 Å². The lowest BCUT2D eigenvalue weighted by Gasteiger charge is -1.88. The van der Waals surface area contributed by atoms with Gasteiger partial charge in [0, 0.05) is 11.1 Å². The molecule has 1 aromatic rings. The van der Waals surface area contributed by atoms with Crippen molar-refractivity contribution < 1.29 is 13.5 Å². The van der Waals surface area contributed by atoms with Gasteiger partial charge in [-0.15, -0.1) is 11.3 Å². The van der Waals surface area contributed by atoms with Gasteiger partial charge in [-0.05, 0) is 12.1 Å². The van der Waals surface area contributed by atoms with Gasteiger partial charge in [0.15, 0.2) is 9.84 Å². The third-order valence-corrected chi connectivity index (χ3v) is 4.05. The Bertz CT molecular complexity index is 336. The lowest BCUT2D eigenvalue weighted by molar-refractivity contribution is 0.285. The Morgan fingerprint density at radius 2 is 2.18 bits per heavy atom. The van der Waals surface area contributed by atoms with E-state index < -0.39 is 9.84 Å². The van der Waals surface area contributed by atoms with Crippen LogP contribution in [-0.4, -0.2) is 19.8 Å². The van der Waals surface area contributed by atoms with Gasteiger partial charge < -0.3 is 5.11 Å². The zero-order valence-electron chi connectivity index (χ0n) is 5.94. The van der Waals surface area contributed by atoms with E-state index in [4.69, 9.17) is 5.11 Å². The smallest absolute Gasteiger partial charge is 0.184 e. The molecule has 0 bridgehead atoms. The summed E-state index contributed by atoms with van der Waals surface area (Å²) in [6, 6.07) is 3.12. The molecule has 1 rings (SSSR count). The van der Waals surface area contributed by atoms with E-state index in [-0.39, 0.29) is 6.61 Å². The van der Waals surface area contributed by atoms with E-state index >= 15 is 0 Å². The zero-order valence-corrected chi connectivity index (χ0v) is 7.58. The summed E-state index contributed by atoms with van der Waals surface area (Å²) in [6.07, 6.45) is 1.15. The average Bonchev–Trinajstić information content (AvgIpc) is 2.32. The molecule has 1 N–H and O–H groups in total. The standard InChI is InChI=1S/C6H8O3S2/c1-11(8,9)6-3-2-5(4-7)10-6/h2-3,7H,4H2,1H3. The molecule has 0 fully saturated rings. The summed E-state index contributed by atoms with van der Waals surface area (Å²) < 4.78 is 22.1. The van der Waals surface area contributed by atoms with Crippen molar-refractivity contribution in [2.24, 2.45) is 0 Å². The lowest BCUT2D eigenvalue weighted by atomic mass is 10.5. The van der Waals surface area contributed by atoms with E-state index in [1.165, 1.54) is 6.07 Å². The van der Waals surface area contributed by atoms with Crippen LogP contribution in [0.1, 0.15) is 4.88 Å². The van der Waals surface area contributed by atoms with Crippen molar-refractivity contribution in [2.45, 2.75) is 10.8 Å². The molecule has 0 unspecified atom stereocenters. The van der Waals surface area contributed by atoms with Crippen molar-refractivity contribution in [1.82, 2.24) is 0 Å². The molecule has 0 spiro atoms. The molecule has 0 aliphatic carbocycles. The molecule has 62 valence electrons. The average molecular weight is 192 g/mol. The molecule has 0 radical (unpaired) electrons. The van der Waals surface area contributed by atoms with Gasteiger partial charge in [-0.3, -0.25) is 0 Å². The Hall–Kier alpha value is -0.390. The number of aliphatic hydroxyl groups excluding tert-OH is 1. The molecule has 0 atom stereocenters. The number of sulfone groups is 1. The van der Waals surface area contributed by atoms with Crippen LogP contribution >= 0.6 is 11.3 Å². The maximum Gasteiger partial charge on any atom is 0.184 e. The fourth-order valence-electron chi connectivity index (χ4n) is 0.642. The minimum absolute atomic E-state index is 0.0970. The fourth-order valence-corrected chi connectivity index (χ4v) is 2.48. The largest absolute Gasteiger partial charge is 0.391 e. The van der Waals surface area contributed by atoms with Crippen LogP contribution in [0.5, 0.6) is 0 Å². The Balaban J connectivity index is 3.09. The van der Waals surface area contributed by atoms with Crippen molar-refractivity contribution in [3.63, 3.8) is 0 Å². The van der Waals surface area contributed by atoms with Gasteiger partial charge in [0.1, 0.15) is 4.21 Å². The molecular weight excluding hydrogens is 184 g/mol. The first-order valence-corrected chi connectivity index (χ1v) is 5.64. The summed E-state index contributed by atoms with van der Waals surface area (Å²) in [6.45, 7) is -0.0970. The van der Waals surface area contributed by atoms with Crippen LogP contribution in [0.25, 0.3) is 0 Å². The van der Waals surface area contributed by atoms with Crippen molar-refractivity contribution in [2.75, 3.05) is 6.26 Å². The van der Waals surface area contributed by atoms with Gasteiger partial charge in [-0.2, -0.15) is 0 Å². The molecule has 5 heteroatoms. The number of thiophene rings is 1. The minimum Gasteiger partial charge on any atom is -0.391 e. The summed E-state index contributed by atoms with van der Waals surface area (Å²) >= 11 is 1.10. The van der Waals surface area contributed by atoms with Gasteiger partial charge in [-0.25, -0.2) is 8.42 Å². The summed E-state index contributed by atoms with van der Waals surface area (Å²) in [5.41, 5.74) is 0. The number of hydrogen-bond donors (Lipinski definition) is 1. The summed E-state index contributed by atoms with van der Waals surface area (Å²) in [5.74, 6) is 0. The first-order valence-electron chi connectivity index (χ1n) is 2.93. The third-order valence-electron chi connectivity index (χ3n) is 1.16. The molecule has 0 aliphatic heterocycles. The lowest BCUT2D eigenvalue weighted by Crippen LogP contribution is -1.91. The van der Waals surface area contributed by atoms with Crippen LogP contribution in [0, 0.1) is 0 Å². The fraction of sp³-hybridized carbons (Fsp3) is 0.333. The third kappa shape index (κ3) is 2.02. The Labute approximate surface area is 69.2 Å². The van der Waals surface area contributed by atoms with Gasteiger partial charge in [-0.1, -0.05) is 0 Å². The van der Waals surface area contributed by atoms with Crippen LogP contribution in [0.3, 0.4) is 0 Å². The Kier molecular flexibility index (Phi) is 2.31. The molecule has 0 saturated carbocycles. The number of aliphatic hydroxyl groups is 1. The molecule has 1 aromatic heterocycles. The van der Waals surface area contributed by atoms with E-state index in [0.29, 0.717) is 9.09 Å². The highest BCUT2D eigenvalue weighted by molar-refractivity contribution is 7.92. The Morgan fingerprint density at radius 1 is 1.55 bits per heavy atom. The number of rotatable bonds is 2. The molecular formula is C6H8O3S2. The summed E-state index contributed by atoms with van der Waals surface area (Å²) in [5, 5.41) is 8.63. The first-order chi connectivity index (χ1) is 5.04. The maximum atomic E-state index is 10.9. The van der Waals surface area contributed by atoms with Crippen molar-refractivity contribution in [3.05, 3.63) is 17.0 Å². The molecule has 11 heavy (non-hydrogen) atoms. The van der Waals surface area contributed by atoms with E-state index in [9.17, 15) is 8.42 Å².